The normalized spacial score (nSPS) is 9.87. The summed E-state index contributed by atoms with van der Waals surface area (Å²) in [6.45, 7) is 0. The molecule has 2 rings (SSSR count). The molecule has 0 spiro atoms. The van der Waals surface area contributed by atoms with E-state index >= 15 is 0 Å². The molecule has 0 unspecified atom stereocenters. The molecule has 6 nitrogen and oxygen atoms in total. The second kappa shape index (κ2) is 7.85. The molecule has 3 N–H and O–H groups in total. The fourth-order valence-corrected chi connectivity index (χ4v) is 2.42. The molecule has 3 amide bonds. The molecule has 2 aromatic carbocycles. The first-order valence-corrected chi connectivity index (χ1v) is 7.63. The van der Waals surface area contributed by atoms with Gasteiger partial charge in [0.1, 0.15) is 5.75 Å². The van der Waals surface area contributed by atoms with Crippen molar-refractivity contribution in [1.29, 1.82) is 0 Å². The summed E-state index contributed by atoms with van der Waals surface area (Å²) in [5, 5.41) is 2.89. The van der Waals surface area contributed by atoms with E-state index in [2.05, 4.69) is 32.1 Å². The maximum absolute atomic E-state index is 11.9. The van der Waals surface area contributed by atoms with Crippen molar-refractivity contribution in [2.45, 2.75) is 0 Å². The average Bonchev–Trinajstić information content (AvgIpc) is 2.55. The number of carbonyl (C=O) groups is 2. The second-order valence-electron chi connectivity index (χ2n) is 4.39. The van der Waals surface area contributed by atoms with Crippen molar-refractivity contribution < 1.29 is 14.3 Å². The third-order valence-corrected chi connectivity index (χ3v) is 3.61. The lowest BCUT2D eigenvalue weighted by Crippen LogP contribution is -2.43. The molecule has 0 aromatic heterocycles. The number of benzene rings is 2. The Morgan fingerprint density at radius 1 is 1.13 bits per heavy atom. The van der Waals surface area contributed by atoms with Gasteiger partial charge in [-0.2, -0.15) is 0 Å². The summed E-state index contributed by atoms with van der Waals surface area (Å²) in [5.41, 5.74) is 5.31. The minimum absolute atomic E-state index is 0.353. The van der Waals surface area contributed by atoms with E-state index in [1.54, 1.807) is 42.5 Å². The Morgan fingerprint density at radius 3 is 2.61 bits per heavy atom. The standard InChI is InChI=1S/C15H13BrClN3O3/c1-23-11-4-2-3-9(7-11)14(21)19-20-15(22)18-13-6-5-10(16)8-12(13)17/h2-8H,1H3,(H,19,21)(H2,18,20,22). The minimum atomic E-state index is -0.620. The minimum Gasteiger partial charge on any atom is -0.497 e. The molecule has 0 aliphatic rings. The highest BCUT2D eigenvalue weighted by Gasteiger charge is 2.09. The first kappa shape index (κ1) is 17.1. The molecule has 2 aromatic rings. The number of anilines is 1. The van der Waals surface area contributed by atoms with Crippen LogP contribution in [0.2, 0.25) is 5.02 Å². The largest absolute Gasteiger partial charge is 0.497 e. The Bertz CT molecular complexity index is 740. The van der Waals surface area contributed by atoms with E-state index in [1.807, 2.05) is 0 Å². The lowest BCUT2D eigenvalue weighted by molar-refractivity contribution is 0.0937. The fraction of sp³-hybridized carbons (Fsp3) is 0.0667. The van der Waals surface area contributed by atoms with Gasteiger partial charge in [-0.05, 0) is 36.4 Å². The van der Waals surface area contributed by atoms with Crippen LogP contribution in [0.15, 0.2) is 46.9 Å². The van der Waals surface area contributed by atoms with Crippen LogP contribution in [0, 0.1) is 0 Å². The summed E-state index contributed by atoms with van der Waals surface area (Å²) < 4.78 is 5.83. The predicted molar refractivity (Wildman–Crippen MR) is 91.8 cm³/mol. The summed E-state index contributed by atoms with van der Waals surface area (Å²) >= 11 is 9.26. The first-order valence-electron chi connectivity index (χ1n) is 6.46. The van der Waals surface area contributed by atoms with Crippen molar-refractivity contribution in [3.8, 4) is 5.75 Å². The van der Waals surface area contributed by atoms with Crippen LogP contribution in [0.4, 0.5) is 10.5 Å². The van der Waals surface area contributed by atoms with E-state index in [-0.39, 0.29) is 0 Å². The van der Waals surface area contributed by atoms with Gasteiger partial charge in [-0.3, -0.25) is 10.2 Å². The highest BCUT2D eigenvalue weighted by atomic mass is 79.9. The zero-order valence-corrected chi connectivity index (χ0v) is 14.4. The van der Waals surface area contributed by atoms with Crippen LogP contribution in [-0.4, -0.2) is 19.0 Å². The lowest BCUT2D eigenvalue weighted by Gasteiger charge is -2.10. The summed E-state index contributed by atoms with van der Waals surface area (Å²) in [5.74, 6) is 0.0738. The number of methoxy groups -OCH3 is 1. The number of hydrazine groups is 1. The lowest BCUT2D eigenvalue weighted by atomic mass is 10.2. The highest BCUT2D eigenvalue weighted by Crippen LogP contribution is 2.25. The number of urea groups is 1. The van der Waals surface area contributed by atoms with Crippen molar-refractivity contribution >= 4 is 45.2 Å². The number of amides is 3. The third kappa shape index (κ3) is 4.87. The van der Waals surface area contributed by atoms with Gasteiger partial charge in [-0.25, -0.2) is 10.2 Å². The number of nitrogens with one attached hydrogen (secondary N) is 3. The SMILES string of the molecule is COc1cccc(C(=O)NNC(=O)Nc2ccc(Br)cc2Cl)c1. The zero-order chi connectivity index (χ0) is 16.8. The molecular weight excluding hydrogens is 386 g/mol. The van der Waals surface area contributed by atoms with Crippen LogP contribution in [0.1, 0.15) is 10.4 Å². The molecule has 0 atom stereocenters. The maximum atomic E-state index is 11.9. The van der Waals surface area contributed by atoms with E-state index in [9.17, 15) is 9.59 Å². The molecular formula is C15H13BrClN3O3. The van der Waals surface area contributed by atoms with Gasteiger partial charge in [0.15, 0.2) is 0 Å². The van der Waals surface area contributed by atoms with Gasteiger partial charge >= 0.3 is 6.03 Å². The molecule has 0 heterocycles. The van der Waals surface area contributed by atoms with E-state index in [0.29, 0.717) is 22.0 Å². The Balaban J connectivity index is 1.92. The number of hydrogen-bond acceptors (Lipinski definition) is 3. The topological polar surface area (TPSA) is 79.5 Å². The van der Waals surface area contributed by atoms with Crippen molar-refractivity contribution in [2.24, 2.45) is 0 Å². The number of hydrogen-bond donors (Lipinski definition) is 3. The summed E-state index contributed by atoms with van der Waals surface area (Å²) in [4.78, 5) is 23.7. The summed E-state index contributed by atoms with van der Waals surface area (Å²) in [6, 6.07) is 10.9. The Kier molecular flexibility index (Phi) is 5.84. The molecule has 0 aliphatic carbocycles. The summed E-state index contributed by atoms with van der Waals surface area (Å²) in [7, 11) is 1.50. The van der Waals surface area contributed by atoms with Gasteiger partial charge in [0.05, 0.1) is 17.8 Å². The van der Waals surface area contributed by atoms with Gasteiger partial charge in [0.25, 0.3) is 5.91 Å². The van der Waals surface area contributed by atoms with Crippen molar-refractivity contribution in [3.05, 3.63) is 57.5 Å². The zero-order valence-electron chi connectivity index (χ0n) is 12.0. The first-order chi connectivity index (χ1) is 11.0. The van der Waals surface area contributed by atoms with Crippen LogP contribution in [-0.2, 0) is 0 Å². The average molecular weight is 399 g/mol. The monoisotopic (exact) mass is 397 g/mol. The Labute approximate surface area is 146 Å². The molecule has 0 radical (unpaired) electrons. The van der Waals surface area contributed by atoms with Gasteiger partial charge in [0.2, 0.25) is 0 Å². The Hall–Kier alpha value is -2.25. The molecule has 0 saturated heterocycles. The van der Waals surface area contributed by atoms with Gasteiger partial charge < -0.3 is 10.1 Å². The van der Waals surface area contributed by atoms with Gasteiger partial charge in [0, 0.05) is 10.0 Å². The molecule has 0 bridgehead atoms. The van der Waals surface area contributed by atoms with Crippen LogP contribution >= 0.6 is 27.5 Å². The van der Waals surface area contributed by atoms with Gasteiger partial charge in [-0.1, -0.05) is 33.6 Å². The molecule has 0 aliphatic heterocycles. The van der Waals surface area contributed by atoms with Gasteiger partial charge in [-0.15, -0.1) is 0 Å². The van der Waals surface area contributed by atoms with Crippen molar-refractivity contribution in [2.75, 3.05) is 12.4 Å². The van der Waals surface area contributed by atoms with Crippen molar-refractivity contribution in [1.82, 2.24) is 10.9 Å². The van der Waals surface area contributed by atoms with Crippen LogP contribution < -0.4 is 20.9 Å². The second-order valence-corrected chi connectivity index (χ2v) is 5.71. The molecule has 0 fully saturated rings. The third-order valence-electron chi connectivity index (χ3n) is 2.80. The predicted octanol–water partition coefficient (Wildman–Crippen LogP) is 3.58. The molecule has 0 saturated carbocycles. The van der Waals surface area contributed by atoms with Crippen LogP contribution in [0.5, 0.6) is 5.75 Å². The maximum Gasteiger partial charge on any atom is 0.337 e. The van der Waals surface area contributed by atoms with E-state index in [0.717, 1.165) is 4.47 Å². The molecule has 8 heteroatoms. The number of rotatable bonds is 3. The molecule has 120 valence electrons. The van der Waals surface area contributed by atoms with Crippen molar-refractivity contribution in [3.63, 3.8) is 0 Å². The van der Waals surface area contributed by atoms with Crippen LogP contribution in [0.25, 0.3) is 0 Å². The summed E-state index contributed by atoms with van der Waals surface area (Å²) in [6.07, 6.45) is 0. The number of halogens is 2. The number of ether oxygens (including phenoxy) is 1. The van der Waals surface area contributed by atoms with Crippen LogP contribution in [0.3, 0.4) is 0 Å². The quantitative estimate of drug-likeness (QED) is 0.692. The van der Waals surface area contributed by atoms with E-state index in [4.69, 9.17) is 16.3 Å². The number of carbonyl (C=O) groups excluding carboxylic acids is 2. The molecule has 23 heavy (non-hydrogen) atoms. The highest BCUT2D eigenvalue weighted by molar-refractivity contribution is 9.10. The van der Waals surface area contributed by atoms with E-state index < -0.39 is 11.9 Å². The van der Waals surface area contributed by atoms with E-state index in [1.165, 1.54) is 7.11 Å². The fourth-order valence-electron chi connectivity index (χ4n) is 1.69. The Morgan fingerprint density at radius 2 is 1.91 bits per heavy atom. The smallest absolute Gasteiger partial charge is 0.337 e.